The van der Waals surface area contributed by atoms with Crippen molar-refractivity contribution in [1.29, 1.82) is 0 Å². The summed E-state index contributed by atoms with van der Waals surface area (Å²) >= 11 is 0. The first-order valence-corrected chi connectivity index (χ1v) is 6.61. The minimum Gasteiger partial charge on any atom is -0.0985 e. The molecule has 0 aliphatic heterocycles. The Kier molecular flexibility index (Phi) is 8.88. The van der Waals surface area contributed by atoms with Crippen LogP contribution in [0.5, 0.6) is 0 Å². The van der Waals surface area contributed by atoms with Gasteiger partial charge in [-0.15, -0.1) is 0 Å². The lowest BCUT2D eigenvalue weighted by atomic mass is 10.2. The van der Waals surface area contributed by atoms with Crippen LogP contribution < -0.4 is 0 Å². The third-order valence-electron chi connectivity index (χ3n) is 2.37. The van der Waals surface area contributed by atoms with Gasteiger partial charge in [0.2, 0.25) is 0 Å². The van der Waals surface area contributed by atoms with E-state index in [0.717, 1.165) is 0 Å². The maximum atomic E-state index is 3.63. The van der Waals surface area contributed by atoms with Gasteiger partial charge in [0.25, 0.3) is 0 Å². The summed E-state index contributed by atoms with van der Waals surface area (Å²) in [5.74, 6) is 0. The molecule has 3 aromatic rings. The summed E-state index contributed by atoms with van der Waals surface area (Å²) < 4.78 is 0. The maximum absolute atomic E-state index is 3.63. The Balaban J connectivity index is 0.000000152. The second-order valence-corrected chi connectivity index (χ2v) is 3.92. The molecule has 0 heterocycles. The van der Waals surface area contributed by atoms with E-state index in [0.29, 0.717) is 0 Å². The molecule has 0 heteroatoms. The predicted octanol–water partition coefficient (Wildman–Crippen LogP) is 5.70. The highest BCUT2D eigenvalue weighted by molar-refractivity contribution is 5.45. The third-order valence-corrected chi connectivity index (χ3v) is 2.37. The number of benzene rings is 3. The fourth-order valence-corrected chi connectivity index (χ4v) is 1.36. The van der Waals surface area contributed by atoms with Crippen molar-refractivity contribution in [3.05, 3.63) is 115 Å². The Bertz CT molecular complexity index is 442. The molecular weight excluding hydrogens is 240 g/mol. The number of rotatable bonds is 1. The first kappa shape index (κ1) is 15.5. The fraction of sp³-hybridized carbons (Fsp3) is 0. The highest BCUT2D eigenvalue weighted by atomic mass is 13.8. The van der Waals surface area contributed by atoms with Gasteiger partial charge in [0.15, 0.2) is 0 Å². The van der Waals surface area contributed by atoms with Crippen LogP contribution in [0.25, 0.3) is 6.08 Å². The van der Waals surface area contributed by atoms with E-state index in [2.05, 4.69) is 6.58 Å². The molecule has 0 radical (unpaired) electrons. The van der Waals surface area contributed by atoms with E-state index in [1.807, 2.05) is 109 Å². The van der Waals surface area contributed by atoms with Crippen LogP contribution in [-0.2, 0) is 0 Å². The molecule has 0 N–H and O–H groups in total. The summed E-state index contributed by atoms with van der Waals surface area (Å²) in [7, 11) is 0. The third kappa shape index (κ3) is 8.48. The van der Waals surface area contributed by atoms with Gasteiger partial charge in [-0.25, -0.2) is 0 Å². The Morgan fingerprint density at radius 2 is 0.700 bits per heavy atom. The van der Waals surface area contributed by atoms with E-state index in [4.69, 9.17) is 0 Å². The van der Waals surface area contributed by atoms with E-state index in [1.165, 1.54) is 5.56 Å². The van der Waals surface area contributed by atoms with Crippen molar-refractivity contribution in [3.8, 4) is 0 Å². The highest BCUT2D eigenvalue weighted by Gasteiger charge is 1.75. The van der Waals surface area contributed by atoms with E-state index in [9.17, 15) is 0 Å². The van der Waals surface area contributed by atoms with Gasteiger partial charge in [-0.05, 0) is 5.56 Å². The average molecular weight is 260 g/mol. The zero-order chi connectivity index (χ0) is 14.3. The molecule has 0 saturated carbocycles. The van der Waals surface area contributed by atoms with Gasteiger partial charge >= 0.3 is 0 Å². The minimum atomic E-state index is 1.17. The van der Waals surface area contributed by atoms with Gasteiger partial charge < -0.3 is 0 Å². The van der Waals surface area contributed by atoms with Crippen LogP contribution in [0.2, 0.25) is 0 Å². The van der Waals surface area contributed by atoms with Gasteiger partial charge in [-0.3, -0.25) is 0 Å². The second kappa shape index (κ2) is 11.5. The fourth-order valence-electron chi connectivity index (χ4n) is 1.36. The van der Waals surface area contributed by atoms with Gasteiger partial charge in [-0.1, -0.05) is 116 Å². The molecule has 0 bridgehead atoms. The van der Waals surface area contributed by atoms with Crippen molar-refractivity contribution in [2.45, 2.75) is 0 Å². The summed E-state index contributed by atoms with van der Waals surface area (Å²) in [4.78, 5) is 0. The van der Waals surface area contributed by atoms with Crippen molar-refractivity contribution < 1.29 is 0 Å². The van der Waals surface area contributed by atoms with Gasteiger partial charge in [0, 0.05) is 0 Å². The standard InChI is InChI=1S/C8H8.2C6H6/c1-2-8-6-4-3-5-7-8;2*1-2-4-6-5-3-1/h2-7H,1H2;2*1-6H. The first-order valence-electron chi connectivity index (χ1n) is 6.61. The summed E-state index contributed by atoms with van der Waals surface area (Å²) in [5, 5.41) is 0. The molecule has 0 aromatic heterocycles. The normalized spacial score (nSPS) is 8.20. The van der Waals surface area contributed by atoms with Crippen LogP contribution in [0.15, 0.2) is 110 Å². The Morgan fingerprint density at radius 3 is 0.900 bits per heavy atom. The second-order valence-electron chi connectivity index (χ2n) is 3.92. The van der Waals surface area contributed by atoms with E-state index < -0.39 is 0 Å². The van der Waals surface area contributed by atoms with E-state index in [1.54, 1.807) is 0 Å². The van der Waals surface area contributed by atoms with Crippen LogP contribution in [0.3, 0.4) is 0 Å². The van der Waals surface area contributed by atoms with Crippen molar-refractivity contribution in [2.24, 2.45) is 0 Å². The molecule has 100 valence electrons. The summed E-state index contributed by atoms with van der Waals surface area (Å²) in [5.41, 5.74) is 1.17. The SMILES string of the molecule is C=Cc1ccccc1.c1ccccc1.c1ccccc1. The largest absolute Gasteiger partial charge is 0.0985 e. The molecule has 0 nitrogen and oxygen atoms in total. The highest BCUT2D eigenvalue weighted by Crippen LogP contribution is 1.97. The van der Waals surface area contributed by atoms with Crippen molar-refractivity contribution in [1.82, 2.24) is 0 Å². The summed E-state index contributed by atoms with van der Waals surface area (Å²) in [6.45, 7) is 3.63. The smallest absolute Gasteiger partial charge is 0.0263 e. The quantitative estimate of drug-likeness (QED) is 0.526. The predicted molar refractivity (Wildman–Crippen MR) is 89.4 cm³/mol. The number of hydrogen-bond donors (Lipinski definition) is 0. The molecule has 0 atom stereocenters. The van der Waals surface area contributed by atoms with Crippen molar-refractivity contribution >= 4 is 6.08 Å². The molecule has 0 spiro atoms. The van der Waals surface area contributed by atoms with Crippen LogP contribution in [-0.4, -0.2) is 0 Å². The topological polar surface area (TPSA) is 0 Å². The van der Waals surface area contributed by atoms with Gasteiger partial charge in [0.1, 0.15) is 0 Å². The van der Waals surface area contributed by atoms with Gasteiger partial charge in [-0.2, -0.15) is 0 Å². The van der Waals surface area contributed by atoms with Crippen molar-refractivity contribution in [3.63, 3.8) is 0 Å². The zero-order valence-corrected chi connectivity index (χ0v) is 11.6. The van der Waals surface area contributed by atoms with Crippen LogP contribution in [0, 0.1) is 0 Å². The first-order chi connectivity index (χ1) is 9.93. The number of hydrogen-bond acceptors (Lipinski definition) is 0. The molecule has 0 aliphatic rings. The summed E-state index contributed by atoms with van der Waals surface area (Å²) in [6, 6.07) is 34.0. The summed E-state index contributed by atoms with van der Waals surface area (Å²) in [6.07, 6.45) is 1.83. The minimum absolute atomic E-state index is 1.17. The van der Waals surface area contributed by atoms with Crippen LogP contribution >= 0.6 is 0 Å². The Hall–Kier alpha value is -2.60. The lowest BCUT2D eigenvalue weighted by Crippen LogP contribution is -1.63. The molecule has 0 unspecified atom stereocenters. The molecule has 0 amide bonds. The molecule has 3 rings (SSSR count). The van der Waals surface area contributed by atoms with E-state index >= 15 is 0 Å². The monoisotopic (exact) mass is 260 g/mol. The Labute approximate surface area is 122 Å². The zero-order valence-electron chi connectivity index (χ0n) is 11.6. The van der Waals surface area contributed by atoms with Gasteiger partial charge in [0.05, 0.1) is 0 Å². The van der Waals surface area contributed by atoms with E-state index in [-0.39, 0.29) is 0 Å². The maximum Gasteiger partial charge on any atom is -0.0263 e. The van der Waals surface area contributed by atoms with Crippen molar-refractivity contribution in [2.75, 3.05) is 0 Å². The lowest BCUT2D eigenvalue weighted by Gasteiger charge is -1.85. The van der Waals surface area contributed by atoms with Crippen LogP contribution in [0.4, 0.5) is 0 Å². The lowest BCUT2D eigenvalue weighted by molar-refractivity contribution is 1.67. The average Bonchev–Trinajstić information content (AvgIpc) is 2.60. The molecule has 0 fully saturated rings. The Morgan fingerprint density at radius 1 is 0.450 bits per heavy atom. The molecule has 3 aromatic carbocycles. The molecule has 0 saturated heterocycles. The molecule has 20 heavy (non-hydrogen) atoms. The van der Waals surface area contributed by atoms with Crippen LogP contribution in [0.1, 0.15) is 5.56 Å². The molecular formula is C20H20. The molecule has 0 aliphatic carbocycles.